The number of nitrogens with zero attached hydrogens (tertiary/aromatic N) is 5. The van der Waals surface area contributed by atoms with Gasteiger partial charge in [0.05, 0.1) is 27.8 Å². The van der Waals surface area contributed by atoms with E-state index in [1.165, 1.54) is 21.5 Å². The Bertz CT molecular complexity index is 3540. The average molecular weight is 714 g/mol. The van der Waals surface area contributed by atoms with Gasteiger partial charge in [0, 0.05) is 49.0 Å². The molecule has 0 atom stereocenters. The Balaban J connectivity index is 1.27. The maximum Gasteiger partial charge on any atom is 0.166 e. The topological polar surface area (TPSA) is 48.5 Å². The molecule has 0 aliphatic carbocycles. The van der Waals surface area contributed by atoms with Crippen LogP contribution in [0.15, 0.2) is 188 Å². The van der Waals surface area contributed by atoms with E-state index >= 15 is 0 Å². The summed E-state index contributed by atoms with van der Waals surface area (Å²) in [4.78, 5) is 16.1. The molecule has 5 nitrogen and oxygen atoms in total. The Kier molecular flexibility index (Phi) is 6.56. The van der Waals surface area contributed by atoms with Crippen molar-refractivity contribution in [2.75, 3.05) is 0 Å². The highest BCUT2D eigenvalue weighted by molar-refractivity contribution is 6.24. The molecule has 260 valence electrons. The summed E-state index contributed by atoms with van der Waals surface area (Å²) < 4.78 is 4.75. The lowest BCUT2D eigenvalue weighted by Crippen LogP contribution is -2.01. The summed E-state index contributed by atoms with van der Waals surface area (Å²) in [5.74, 6) is 0.625. The first kappa shape index (κ1) is 30.8. The Morgan fingerprint density at radius 2 is 0.768 bits per heavy atom. The van der Waals surface area contributed by atoms with Crippen molar-refractivity contribution < 1.29 is 0 Å². The standard InChI is InChI=1S/C51H31N5/c1-2-16-33(17-3-1)55-44-26-12-10-22-38(44)43-31-32-30-42(48(43)55)35-19-5-7-24-40(35)50-52-49(39-23-6-4-18-34(32)39)53-51(54-50)41-25-11-15-29-47(41)56-45-27-13-8-20-36(45)37-21-9-14-28-46(37)56/h1-31H. The summed E-state index contributed by atoms with van der Waals surface area (Å²) in [6.07, 6.45) is 0. The van der Waals surface area contributed by atoms with Crippen molar-refractivity contribution in [3.05, 3.63) is 188 Å². The third kappa shape index (κ3) is 4.46. The average Bonchev–Trinajstić information content (AvgIpc) is 3.79. The van der Waals surface area contributed by atoms with Crippen molar-refractivity contribution in [3.8, 4) is 22.8 Å². The normalized spacial score (nSPS) is 11.9. The summed E-state index contributed by atoms with van der Waals surface area (Å²) in [5, 5.41) is 11.1. The van der Waals surface area contributed by atoms with Crippen molar-refractivity contribution in [2.45, 2.75) is 0 Å². The highest BCUT2D eigenvalue weighted by atomic mass is 15.0. The molecule has 0 amide bonds. The van der Waals surface area contributed by atoms with Gasteiger partial charge in [0.1, 0.15) is 0 Å². The zero-order chi connectivity index (χ0) is 36.7. The molecule has 0 aliphatic heterocycles. The minimum absolute atomic E-state index is 0.625. The lowest BCUT2D eigenvalue weighted by molar-refractivity contribution is 1.14. The predicted molar refractivity (Wildman–Crippen MR) is 233 cm³/mol. The molecule has 12 aromatic rings. The number of aromatic nitrogens is 5. The van der Waals surface area contributed by atoms with E-state index in [2.05, 4.69) is 197 Å². The van der Waals surface area contributed by atoms with Crippen molar-refractivity contribution in [1.29, 1.82) is 0 Å². The zero-order valence-electron chi connectivity index (χ0n) is 30.1. The van der Waals surface area contributed by atoms with E-state index in [0.717, 1.165) is 71.3 Å². The fourth-order valence-corrected chi connectivity index (χ4v) is 8.92. The van der Waals surface area contributed by atoms with E-state index in [1.54, 1.807) is 0 Å². The molecule has 0 saturated heterocycles. The molecule has 0 aliphatic rings. The lowest BCUT2D eigenvalue weighted by atomic mass is 10.00. The third-order valence-electron chi connectivity index (χ3n) is 11.3. The van der Waals surface area contributed by atoms with Crippen LogP contribution in [-0.2, 0) is 0 Å². The summed E-state index contributed by atoms with van der Waals surface area (Å²) >= 11 is 0. The molecule has 56 heavy (non-hydrogen) atoms. The molecule has 0 fully saturated rings. The van der Waals surface area contributed by atoms with E-state index in [-0.39, 0.29) is 0 Å². The Hall–Kier alpha value is -7.63. The van der Waals surface area contributed by atoms with Gasteiger partial charge in [0.25, 0.3) is 0 Å². The monoisotopic (exact) mass is 713 g/mol. The van der Waals surface area contributed by atoms with Crippen LogP contribution in [0.25, 0.3) is 110 Å². The van der Waals surface area contributed by atoms with Gasteiger partial charge in [-0.3, -0.25) is 0 Å². The quantitative estimate of drug-likeness (QED) is 0.183. The van der Waals surface area contributed by atoms with Gasteiger partial charge in [-0.25, -0.2) is 15.0 Å². The Labute approximate surface area is 321 Å². The minimum atomic E-state index is 0.625. The molecule has 4 aromatic heterocycles. The summed E-state index contributed by atoms with van der Waals surface area (Å²) in [6, 6.07) is 66.9. The summed E-state index contributed by atoms with van der Waals surface area (Å²) in [7, 11) is 0. The molecule has 0 saturated carbocycles. The number of hydrogen-bond donors (Lipinski definition) is 0. The molecule has 4 bridgehead atoms. The highest BCUT2D eigenvalue weighted by Gasteiger charge is 2.20. The number of hydrogen-bond acceptors (Lipinski definition) is 3. The largest absolute Gasteiger partial charge is 0.309 e. The van der Waals surface area contributed by atoms with E-state index in [9.17, 15) is 0 Å². The van der Waals surface area contributed by atoms with Crippen LogP contribution >= 0.6 is 0 Å². The maximum absolute atomic E-state index is 5.39. The number of fused-ring (bicyclic) bond motifs is 17. The molecule has 12 rings (SSSR count). The number of para-hydroxylation sites is 5. The highest BCUT2D eigenvalue weighted by Crippen LogP contribution is 2.40. The molecule has 0 spiro atoms. The predicted octanol–water partition coefficient (Wildman–Crippen LogP) is 12.9. The van der Waals surface area contributed by atoms with Gasteiger partial charge in [0.15, 0.2) is 17.1 Å². The van der Waals surface area contributed by atoms with Crippen LogP contribution in [-0.4, -0.2) is 24.1 Å². The SMILES string of the molecule is c1ccc(-n2c3ccccc3c3cc4cc(c5ccccc5c5nc(-c6ccccc6-n6c7ccccc7c7ccccc76)nc(n5)c5ccccc45)c32)cc1. The molecule has 5 heteroatoms. The molecule has 4 heterocycles. The smallest absolute Gasteiger partial charge is 0.166 e. The van der Waals surface area contributed by atoms with Gasteiger partial charge >= 0.3 is 0 Å². The second kappa shape index (κ2) is 11.9. The second-order valence-electron chi connectivity index (χ2n) is 14.4. The van der Waals surface area contributed by atoms with E-state index in [0.29, 0.717) is 17.1 Å². The van der Waals surface area contributed by atoms with E-state index in [4.69, 9.17) is 15.0 Å². The molecule has 0 radical (unpaired) electrons. The van der Waals surface area contributed by atoms with Gasteiger partial charge in [-0.1, -0.05) is 133 Å². The van der Waals surface area contributed by atoms with Crippen LogP contribution in [0.1, 0.15) is 0 Å². The zero-order valence-corrected chi connectivity index (χ0v) is 30.1. The van der Waals surface area contributed by atoms with Gasteiger partial charge < -0.3 is 9.13 Å². The lowest BCUT2D eigenvalue weighted by Gasteiger charge is -2.14. The second-order valence-corrected chi connectivity index (χ2v) is 14.4. The first-order chi connectivity index (χ1) is 27.8. The van der Waals surface area contributed by atoms with Gasteiger partial charge in [0.2, 0.25) is 0 Å². The van der Waals surface area contributed by atoms with E-state index in [1.807, 2.05) is 0 Å². The first-order valence-corrected chi connectivity index (χ1v) is 19.0. The molecular weight excluding hydrogens is 683 g/mol. The van der Waals surface area contributed by atoms with Crippen LogP contribution in [0.4, 0.5) is 0 Å². The first-order valence-electron chi connectivity index (χ1n) is 19.0. The van der Waals surface area contributed by atoms with Gasteiger partial charge in [-0.15, -0.1) is 0 Å². The van der Waals surface area contributed by atoms with E-state index < -0.39 is 0 Å². The summed E-state index contributed by atoms with van der Waals surface area (Å²) in [5.41, 5.74) is 8.92. The van der Waals surface area contributed by atoms with Crippen molar-refractivity contribution in [1.82, 2.24) is 24.1 Å². The van der Waals surface area contributed by atoms with Crippen molar-refractivity contribution >= 4 is 87.2 Å². The molecule has 8 aromatic carbocycles. The third-order valence-corrected chi connectivity index (χ3v) is 11.3. The van der Waals surface area contributed by atoms with Crippen LogP contribution in [0.5, 0.6) is 0 Å². The van der Waals surface area contributed by atoms with Crippen LogP contribution in [0.2, 0.25) is 0 Å². The molecule has 0 unspecified atom stereocenters. The van der Waals surface area contributed by atoms with Crippen LogP contribution in [0.3, 0.4) is 0 Å². The molecular formula is C51H31N5. The number of rotatable bonds is 3. The minimum Gasteiger partial charge on any atom is -0.309 e. The maximum atomic E-state index is 5.39. The molecule has 0 N–H and O–H groups in total. The Morgan fingerprint density at radius 1 is 0.321 bits per heavy atom. The fourth-order valence-electron chi connectivity index (χ4n) is 8.92. The summed E-state index contributed by atoms with van der Waals surface area (Å²) in [6.45, 7) is 0. The number of benzene rings is 8. The van der Waals surface area contributed by atoms with Crippen LogP contribution < -0.4 is 0 Å². The van der Waals surface area contributed by atoms with Gasteiger partial charge in [-0.05, 0) is 70.8 Å². The fraction of sp³-hybridized carbons (Fsp3) is 0. The van der Waals surface area contributed by atoms with Gasteiger partial charge in [-0.2, -0.15) is 0 Å². The van der Waals surface area contributed by atoms with Crippen molar-refractivity contribution in [3.63, 3.8) is 0 Å². The van der Waals surface area contributed by atoms with Crippen molar-refractivity contribution in [2.24, 2.45) is 0 Å². The van der Waals surface area contributed by atoms with Crippen LogP contribution in [0, 0.1) is 0 Å². The Morgan fingerprint density at radius 3 is 1.41 bits per heavy atom.